The minimum Gasteiger partial charge on any atom is -0.268 e. The molecular weight excluding hydrogens is 178 g/mol. The zero-order chi connectivity index (χ0) is 9.97. The summed E-state index contributed by atoms with van der Waals surface area (Å²) in [6.07, 6.45) is 1.07. The Morgan fingerprint density at radius 3 is 2.71 bits per heavy atom. The Balaban J connectivity index is 2.10. The van der Waals surface area contributed by atoms with Crippen molar-refractivity contribution in [3.8, 4) is 0 Å². The number of nitrogens with zero attached hydrogens (tertiary/aromatic N) is 1. The number of hydrogen-bond donors (Lipinski definition) is 0. The van der Waals surface area contributed by atoms with Gasteiger partial charge in [-0.1, -0.05) is 18.2 Å². The number of benzene rings is 1. The number of hydrogen-bond acceptors (Lipinski definition) is 2. The standard InChI is InChI=1S/C11H13NO2/c1-9-7-8-12(14-9)11(13)10-5-3-2-4-6-10/h2-6,9H,7-8H2,1H3. The molecule has 0 aromatic heterocycles. The normalized spacial score (nSPS) is 21.2. The van der Waals surface area contributed by atoms with Gasteiger partial charge in [0.25, 0.3) is 5.91 Å². The molecule has 14 heavy (non-hydrogen) atoms. The van der Waals surface area contributed by atoms with Gasteiger partial charge >= 0.3 is 0 Å². The first-order valence-corrected chi connectivity index (χ1v) is 4.81. The summed E-state index contributed by atoms with van der Waals surface area (Å²) < 4.78 is 0. The minimum absolute atomic E-state index is 0.0463. The Bertz CT molecular complexity index is 323. The highest BCUT2D eigenvalue weighted by molar-refractivity contribution is 5.93. The first-order chi connectivity index (χ1) is 6.77. The highest BCUT2D eigenvalue weighted by atomic mass is 16.7. The van der Waals surface area contributed by atoms with Crippen molar-refractivity contribution < 1.29 is 9.63 Å². The lowest BCUT2D eigenvalue weighted by molar-refractivity contribution is -0.106. The summed E-state index contributed by atoms with van der Waals surface area (Å²) in [4.78, 5) is 17.2. The Hall–Kier alpha value is -1.35. The molecule has 74 valence electrons. The van der Waals surface area contributed by atoms with Gasteiger partial charge in [-0.15, -0.1) is 0 Å². The van der Waals surface area contributed by atoms with Crippen molar-refractivity contribution in [1.29, 1.82) is 0 Å². The maximum Gasteiger partial charge on any atom is 0.277 e. The van der Waals surface area contributed by atoms with Gasteiger partial charge in [0.1, 0.15) is 0 Å². The van der Waals surface area contributed by atoms with Crippen LogP contribution >= 0.6 is 0 Å². The van der Waals surface area contributed by atoms with Crippen molar-refractivity contribution in [2.45, 2.75) is 19.4 Å². The summed E-state index contributed by atoms with van der Waals surface area (Å²) in [6, 6.07) is 9.20. The van der Waals surface area contributed by atoms with Crippen molar-refractivity contribution in [2.75, 3.05) is 6.54 Å². The van der Waals surface area contributed by atoms with Crippen LogP contribution in [0.4, 0.5) is 0 Å². The van der Waals surface area contributed by atoms with E-state index in [1.165, 1.54) is 5.06 Å². The molecule has 0 radical (unpaired) electrons. The van der Waals surface area contributed by atoms with Crippen LogP contribution in [0, 0.1) is 0 Å². The monoisotopic (exact) mass is 191 g/mol. The van der Waals surface area contributed by atoms with Gasteiger partial charge in [-0.2, -0.15) is 0 Å². The summed E-state index contributed by atoms with van der Waals surface area (Å²) in [7, 11) is 0. The average molecular weight is 191 g/mol. The Labute approximate surface area is 83.2 Å². The second-order valence-corrected chi connectivity index (χ2v) is 3.48. The quantitative estimate of drug-likeness (QED) is 0.678. The summed E-state index contributed by atoms with van der Waals surface area (Å²) in [5.41, 5.74) is 0.682. The lowest BCUT2D eigenvalue weighted by Gasteiger charge is -2.14. The van der Waals surface area contributed by atoms with Gasteiger partial charge in [-0.25, -0.2) is 5.06 Å². The van der Waals surface area contributed by atoms with E-state index in [1.54, 1.807) is 12.1 Å². The molecule has 1 aliphatic rings. The molecule has 1 fully saturated rings. The molecular formula is C11H13NO2. The molecule has 0 aliphatic carbocycles. The van der Waals surface area contributed by atoms with Crippen LogP contribution in [-0.2, 0) is 4.84 Å². The van der Waals surface area contributed by atoms with E-state index in [0.29, 0.717) is 12.1 Å². The van der Waals surface area contributed by atoms with Crippen molar-refractivity contribution in [1.82, 2.24) is 5.06 Å². The van der Waals surface area contributed by atoms with Crippen molar-refractivity contribution >= 4 is 5.91 Å². The van der Waals surface area contributed by atoms with Crippen LogP contribution in [0.5, 0.6) is 0 Å². The molecule has 1 unspecified atom stereocenters. The highest BCUT2D eigenvalue weighted by Crippen LogP contribution is 2.15. The predicted octanol–water partition coefficient (Wildman–Crippen LogP) is 1.85. The zero-order valence-electron chi connectivity index (χ0n) is 8.14. The SMILES string of the molecule is CC1CCN(C(=O)c2ccccc2)O1. The number of carbonyl (C=O) groups is 1. The summed E-state index contributed by atoms with van der Waals surface area (Å²) in [5.74, 6) is -0.0463. The minimum atomic E-state index is -0.0463. The van der Waals surface area contributed by atoms with E-state index < -0.39 is 0 Å². The first-order valence-electron chi connectivity index (χ1n) is 4.81. The van der Waals surface area contributed by atoms with Crippen molar-refractivity contribution in [2.24, 2.45) is 0 Å². The molecule has 0 spiro atoms. The van der Waals surface area contributed by atoms with Crippen LogP contribution in [0.15, 0.2) is 30.3 Å². The lowest BCUT2D eigenvalue weighted by Crippen LogP contribution is -2.27. The maximum absolute atomic E-state index is 11.8. The smallest absolute Gasteiger partial charge is 0.268 e. The van der Waals surface area contributed by atoms with E-state index in [1.807, 2.05) is 25.1 Å². The van der Waals surface area contributed by atoms with Gasteiger partial charge in [0, 0.05) is 5.56 Å². The van der Waals surface area contributed by atoms with Gasteiger partial charge in [0.05, 0.1) is 12.6 Å². The third-order valence-corrected chi connectivity index (χ3v) is 2.29. The maximum atomic E-state index is 11.8. The van der Waals surface area contributed by atoms with E-state index in [9.17, 15) is 4.79 Å². The van der Waals surface area contributed by atoms with E-state index in [4.69, 9.17) is 4.84 Å². The van der Waals surface area contributed by atoms with Gasteiger partial charge in [-0.05, 0) is 25.5 Å². The molecule has 3 heteroatoms. The molecule has 1 aromatic carbocycles. The molecule has 1 aromatic rings. The molecule has 0 bridgehead atoms. The van der Waals surface area contributed by atoms with E-state index in [-0.39, 0.29) is 12.0 Å². The average Bonchev–Trinajstić information content (AvgIpc) is 2.65. The van der Waals surface area contributed by atoms with Crippen LogP contribution in [0.1, 0.15) is 23.7 Å². The molecule has 1 aliphatic heterocycles. The molecule has 0 saturated carbocycles. The van der Waals surface area contributed by atoms with E-state index in [2.05, 4.69) is 0 Å². The largest absolute Gasteiger partial charge is 0.277 e. The fourth-order valence-electron chi connectivity index (χ4n) is 1.50. The summed E-state index contributed by atoms with van der Waals surface area (Å²) >= 11 is 0. The third-order valence-electron chi connectivity index (χ3n) is 2.29. The number of carbonyl (C=O) groups excluding carboxylic acids is 1. The zero-order valence-corrected chi connectivity index (χ0v) is 8.14. The van der Waals surface area contributed by atoms with Crippen LogP contribution in [0.25, 0.3) is 0 Å². The summed E-state index contributed by atoms with van der Waals surface area (Å²) in [5, 5.41) is 1.44. The lowest BCUT2D eigenvalue weighted by atomic mass is 10.2. The second-order valence-electron chi connectivity index (χ2n) is 3.48. The Morgan fingerprint density at radius 1 is 1.43 bits per heavy atom. The predicted molar refractivity (Wildman–Crippen MR) is 52.6 cm³/mol. The van der Waals surface area contributed by atoms with Crippen LogP contribution < -0.4 is 0 Å². The van der Waals surface area contributed by atoms with Crippen molar-refractivity contribution in [3.05, 3.63) is 35.9 Å². The van der Waals surface area contributed by atoms with E-state index >= 15 is 0 Å². The van der Waals surface area contributed by atoms with Gasteiger partial charge < -0.3 is 0 Å². The highest BCUT2D eigenvalue weighted by Gasteiger charge is 2.25. The number of amides is 1. The van der Waals surface area contributed by atoms with E-state index in [0.717, 1.165) is 6.42 Å². The topological polar surface area (TPSA) is 29.5 Å². The molecule has 3 nitrogen and oxygen atoms in total. The molecule has 2 rings (SSSR count). The van der Waals surface area contributed by atoms with Gasteiger partial charge in [0.15, 0.2) is 0 Å². The molecule has 1 amide bonds. The van der Waals surface area contributed by atoms with Crippen LogP contribution in [0.2, 0.25) is 0 Å². The molecule has 1 atom stereocenters. The van der Waals surface area contributed by atoms with Crippen LogP contribution in [-0.4, -0.2) is 23.6 Å². The molecule has 1 heterocycles. The van der Waals surface area contributed by atoms with Crippen LogP contribution in [0.3, 0.4) is 0 Å². The second kappa shape index (κ2) is 3.80. The first kappa shape index (κ1) is 9.21. The fraction of sp³-hybridized carbons (Fsp3) is 0.364. The molecule has 1 saturated heterocycles. The Kier molecular flexibility index (Phi) is 2.50. The number of rotatable bonds is 1. The summed E-state index contributed by atoms with van der Waals surface area (Å²) in [6.45, 7) is 2.66. The van der Waals surface area contributed by atoms with Crippen molar-refractivity contribution in [3.63, 3.8) is 0 Å². The molecule has 0 N–H and O–H groups in total. The Morgan fingerprint density at radius 2 is 2.14 bits per heavy atom. The van der Waals surface area contributed by atoms with Gasteiger partial charge in [-0.3, -0.25) is 9.63 Å². The van der Waals surface area contributed by atoms with Gasteiger partial charge in [0.2, 0.25) is 0 Å². The third kappa shape index (κ3) is 1.77. The number of hydroxylamine groups is 2. The fourth-order valence-corrected chi connectivity index (χ4v) is 1.50.